The fourth-order valence-electron chi connectivity index (χ4n) is 1.82. The van der Waals surface area contributed by atoms with Gasteiger partial charge in [0.05, 0.1) is 7.11 Å². The number of rotatable bonds is 4. The van der Waals surface area contributed by atoms with Gasteiger partial charge in [0, 0.05) is 31.0 Å². The summed E-state index contributed by atoms with van der Waals surface area (Å²) in [5.74, 6) is 1.72. The summed E-state index contributed by atoms with van der Waals surface area (Å²) in [5, 5.41) is 0. The molecule has 0 spiro atoms. The molecule has 1 aromatic carbocycles. The molecular formula is C14H17N3O. The van der Waals surface area contributed by atoms with Crippen molar-refractivity contribution < 1.29 is 4.74 Å². The molecule has 0 saturated heterocycles. The molecule has 1 aromatic heterocycles. The molecule has 0 saturated carbocycles. The van der Waals surface area contributed by atoms with Gasteiger partial charge in [0.15, 0.2) is 0 Å². The number of hydrogen-bond acceptors (Lipinski definition) is 4. The lowest BCUT2D eigenvalue weighted by Gasteiger charge is -2.21. The molecule has 1 heterocycles. The predicted molar refractivity (Wildman–Crippen MR) is 73.2 cm³/mol. The number of hydrogen-bond donors (Lipinski definition) is 1. The van der Waals surface area contributed by atoms with Crippen LogP contribution in [-0.4, -0.2) is 19.1 Å². The highest BCUT2D eigenvalue weighted by atomic mass is 16.5. The van der Waals surface area contributed by atoms with E-state index in [0.717, 1.165) is 22.8 Å². The van der Waals surface area contributed by atoms with Crippen molar-refractivity contribution in [2.75, 3.05) is 19.1 Å². The number of anilines is 2. The Morgan fingerprint density at radius 2 is 1.94 bits per heavy atom. The highest BCUT2D eigenvalue weighted by molar-refractivity contribution is 5.62. The fraction of sp³-hybridized carbons (Fsp3) is 0.214. The molecule has 18 heavy (non-hydrogen) atoms. The van der Waals surface area contributed by atoms with Crippen molar-refractivity contribution >= 4 is 11.5 Å². The first-order valence-corrected chi connectivity index (χ1v) is 5.78. The minimum absolute atomic E-state index is 0.476. The molecule has 0 radical (unpaired) electrons. The topological polar surface area (TPSA) is 51.4 Å². The van der Waals surface area contributed by atoms with Gasteiger partial charge >= 0.3 is 0 Å². The quantitative estimate of drug-likeness (QED) is 0.895. The number of nitrogens with two attached hydrogens (primary N) is 1. The predicted octanol–water partition coefficient (Wildman–Crippen LogP) is 2.32. The third-order valence-corrected chi connectivity index (χ3v) is 2.86. The molecule has 0 amide bonds. The van der Waals surface area contributed by atoms with E-state index in [9.17, 15) is 0 Å². The summed E-state index contributed by atoms with van der Waals surface area (Å²) in [4.78, 5) is 6.40. The van der Waals surface area contributed by atoms with Crippen LogP contribution in [0.5, 0.6) is 5.75 Å². The molecule has 0 aliphatic heterocycles. The fourth-order valence-corrected chi connectivity index (χ4v) is 1.82. The van der Waals surface area contributed by atoms with Gasteiger partial charge in [0.25, 0.3) is 0 Å². The van der Waals surface area contributed by atoms with Gasteiger partial charge in [-0.05, 0) is 30.3 Å². The van der Waals surface area contributed by atoms with Crippen LogP contribution in [0.3, 0.4) is 0 Å². The van der Waals surface area contributed by atoms with E-state index in [1.54, 1.807) is 13.3 Å². The van der Waals surface area contributed by atoms with E-state index in [4.69, 9.17) is 10.5 Å². The maximum absolute atomic E-state index is 5.73. The van der Waals surface area contributed by atoms with Crippen molar-refractivity contribution in [3.63, 3.8) is 0 Å². The molecule has 4 nitrogen and oxygen atoms in total. The highest BCUT2D eigenvalue weighted by Crippen LogP contribution is 2.26. The minimum Gasteiger partial charge on any atom is -0.497 e. The number of nitrogens with zero attached hydrogens (tertiary/aromatic N) is 2. The molecule has 0 aliphatic carbocycles. The first kappa shape index (κ1) is 12.4. The Hall–Kier alpha value is -2.07. The van der Waals surface area contributed by atoms with Crippen molar-refractivity contribution in [2.24, 2.45) is 5.73 Å². The van der Waals surface area contributed by atoms with E-state index in [1.807, 2.05) is 48.3 Å². The summed E-state index contributed by atoms with van der Waals surface area (Å²) in [5.41, 5.74) is 7.79. The first-order chi connectivity index (χ1) is 8.76. The van der Waals surface area contributed by atoms with E-state index in [2.05, 4.69) is 4.98 Å². The smallest absolute Gasteiger partial charge is 0.137 e. The van der Waals surface area contributed by atoms with Gasteiger partial charge in [-0.1, -0.05) is 6.07 Å². The van der Waals surface area contributed by atoms with Crippen LogP contribution in [0, 0.1) is 0 Å². The van der Waals surface area contributed by atoms with Crippen LogP contribution >= 0.6 is 0 Å². The molecule has 0 aliphatic rings. The monoisotopic (exact) mass is 243 g/mol. The molecule has 2 aromatic rings. The van der Waals surface area contributed by atoms with Gasteiger partial charge in [0.1, 0.15) is 11.6 Å². The van der Waals surface area contributed by atoms with Crippen molar-refractivity contribution in [2.45, 2.75) is 6.54 Å². The summed E-state index contributed by atoms with van der Waals surface area (Å²) in [7, 11) is 3.63. The number of aromatic nitrogens is 1. The molecule has 0 fully saturated rings. The second kappa shape index (κ2) is 5.51. The van der Waals surface area contributed by atoms with E-state index < -0.39 is 0 Å². The molecule has 0 bridgehead atoms. The lowest BCUT2D eigenvalue weighted by Crippen LogP contribution is -2.14. The Kier molecular flexibility index (Phi) is 3.79. The third-order valence-electron chi connectivity index (χ3n) is 2.86. The molecule has 2 N–H and O–H groups in total. The zero-order chi connectivity index (χ0) is 13.0. The summed E-state index contributed by atoms with van der Waals surface area (Å²) in [6.07, 6.45) is 1.77. The number of methoxy groups -OCH3 is 1. The van der Waals surface area contributed by atoms with Crippen LogP contribution in [0.1, 0.15) is 5.56 Å². The molecule has 94 valence electrons. The largest absolute Gasteiger partial charge is 0.497 e. The Morgan fingerprint density at radius 1 is 1.22 bits per heavy atom. The average Bonchev–Trinajstić information content (AvgIpc) is 2.46. The SMILES string of the molecule is COc1ccc(N(C)c2ncccc2CN)cc1. The lowest BCUT2D eigenvalue weighted by atomic mass is 10.2. The van der Waals surface area contributed by atoms with Crippen molar-refractivity contribution in [1.82, 2.24) is 4.98 Å². The normalized spacial score (nSPS) is 10.2. The standard InChI is InChI=1S/C14H17N3O/c1-17(12-5-7-13(18-2)8-6-12)14-11(10-15)4-3-9-16-14/h3-9H,10,15H2,1-2H3. The Labute approximate surface area is 107 Å². The number of pyridine rings is 1. The second-order valence-electron chi connectivity index (χ2n) is 3.95. The molecule has 0 atom stereocenters. The van der Waals surface area contributed by atoms with Crippen molar-refractivity contribution in [3.05, 3.63) is 48.2 Å². The van der Waals surface area contributed by atoms with Crippen LogP contribution in [0.25, 0.3) is 0 Å². The van der Waals surface area contributed by atoms with E-state index in [-0.39, 0.29) is 0 Å². The van der Waals surface area contributed by atoms with Gasteiger partial charge in [-0.3, -0.25) is 0 Å². The third kappa shape index (κ3) is 2.43. The van der Waals surface area contributed by atoms with Crippen molar-refractivity contribution in [1.29, 1.82) is 0 Å². The zero-order valence-corrected chi connectivity index (χ0v) is 10.6. The first-order valence-electron chi connectivity index (χ1n) is 5.78. The van der Waals surface area contributed by atoms with E-state index in [0.29, 0.717) is 6.54 Å². The van der Waals surface area contributed by atoms with E-state index >= 15 is 0 Å². The van der Waals surface area contributed by atoms with Gasteiger partial charge in [-0.2, -0.15) is 0 Å². The van der Waals surface area contributed by atoms with Crippen LogP contribution in [0.4, 0.5) is 11.5 Å². The Morgan fingerprint density at radius 3 is 2.56 bits per heavy atom. The maximum atomic E-state index is 5.73. The molecule has 2 rings (SSSR count). The molecule has 4 heteroatoms. The summed E-state index contributed by atoms with van der Waals surface area (Å²) < 4.78 is 5.15. The molecular weight excluding hydrogens is 226 g/mol. The van der Waals surface area contributed by atoms with Crippen molar-refractivity contribution in [3.8, 4) is 5.75 Å². The van der Waals surface area contributed by atoms with Crippen LogP contribution in [0.2, 0.25) is 0 Å². The van der Waals surface area contributed by atoms with Crippen LogP contribution < -0.4 is 15.4 Å². The summed E-state index contributed by atoms with van der Waals surface area (Å²) >= 11 is 0. The van der Waals surface area contributed by atoms with Gasteiger partial charge in [0.2, 0.25) is 0 Å². The second-order valence-corrected chi connectivity index (χ2v) is 3.95. The zero-order valence-electron chi connectivity index (χ0n) is 10.6. The van der Waals surface area contributed by atoms with Gasteiger partial charge in [-0.15, -0.1) is 0 Å². The average molecular weight is 243 g/mol. The Balaban J connectivity index is 2.31. The maximum Gasteiger partial charge on any atom is 0.137 e. The van der Waals surface area contributed by atoms with Crippen LogP contribution in [-0.2, 0) is 6.54 Å². The summed E-state index contributed by atoms with van der Waals surface area (Å²) in [6.45, 7) is 0.476. The highest BCUT2D eigenvalue weighted by Gasteiger charge is 2.09. The minimum atomic E-state index is 0.476. The van der Waals surface area contributed by atoms with E-state index in [1.165, 1.54) is 0 Å². The lowest BCUT2D eigenvalue weighted by molar-refractivity contribution is 0.415. The number of ether oxygens (including phenoxy) is 1. The Bertz CT molecular complexity index is 511. The summed E-state index contributed by atoms with van der Waals surface area (Å²) in [6, 6.07) is 11.7. The van der Waals surface area contributed by atoms with Gasteiger partial charge < -0.3 is 15.4 Å². The van der Waals surface area contributed by atoms with Crippen LogP contribution in [0.15, 0.2) is 42.6 Å². The van der Waals surface area contributed by atoms with Gasteiger partial charge in [-0.25, -0.2) is 4.98 Å². The number of benzene rings is 1. The molecule has 0 unspecified atom stereocenters.